The third-order valence-corrected chi connectivity index (χ3v) is 3.79. The van der Waals surface area contributed by atoms with E-state index in [4.69, 9.17) is 15.7 Å². The van der Waals surface area contributed by atoms with Crippen LogP contribution < -0.4 is 21.3 Å². The molecular formula is C22H25N3O4. The van der Waals surface area contributed by atoms with Gasteiger partial charge in [0.05, 0.1) is 7.11 Å². The van der Waals surface area contributed by atoms with E-state index in [0.29, 0.717) is 5.56 Å². The number of benzene rings is 2. The summed E-state index contributed by atoms with van der Waals surface area (Å²) in [5, 5.41) is 11.2. The first-order valence-electron chi connectivity index (χ1n) is 8.71. The van der Waals surface area contributed by atoms with Crippen LogP contribution in [0.25, 0.3) is 0 Å². The number of amides is 2. The van der Waals surface area contributed by atoms with Crippen LogP contribution in [-0.2, 0) is 4.79 Å². The average Bonchev–Trinajstić information content (AvgIpc) is 2.77. The first kappa shape index (κ1) is 23.4. The van der Waals surface area contributed by atoms with Gasteiger partial charge in [-0.25, -0.2) is 5.48 Å². The summed E-state index contributed by atoms with van der Waals surface area (Å²) in [5.41, 5.74) is 9.08. The van der Waals surface area contributed by atoms with Crippen molar-refractivity contribution in [2.75, 3.05) is 7.11 Å². The molecule has 2 amide bonds. The maximum absolute atomic E-state index is 12.3. The minimum atomic E-state index is -1.04. The number of carbonyl (C=O) groups is 2. The van der Waals surface area contributed by atoms with Gasteiger partial charge >= 0.3 is 0 Å². The molecule has 2 aromatic carbocycles. The topological polar surface area (TPSA) is 114 Å². The summed E-state index contributed by atoms with van der Waals surface area (Å²) < 4.78 is 5.10. The highest BCUT2D eigenvalue weighted by molar-refractivity contribution is 5.97. The van der Waals surface area contributed by atoms with E-state index in [-0.39, 0.29) is 0 Å². The Labute approximate surface area is 170 Å². The lowest BCUT2D eigenvalue weighted by atomic mass is 10.1. The number of ether oxygens (including phenoxy) is 1. The summed E-state index contributed by atoms with van der Waals surface area (Å²) in [6, 6.07) is 12.3. The van der Waals surface area contributed by atoms with Crippen molar-refractivity contribution < 1.29 is 19.5 Å². The fraction of sp³-hybridized carbons (Fsp3) is 0.182. The van der Waals surface area contributed by atoms with Gasteiger partial charge in [0.1, 0.15) is 11.8 Å². The third-order valence-electron chi connectivity index (χ3n) is 3.79. The van der Waals surface area contributed by atoms with Gasteiger partial charge in [-0.2, -0.15) is 0 Å². The van der Waals surface area contributed by atoms with Crippen molar-refractivity contribution in [3.63, 3.8) is 0 Å². The Kier molecular flexibility index (Phi) is 9.68. The van der Waals surface area contributed by atoms with Gasteiger partial charge in [0.25, 0.3) is 11.8 Å². The third kappa shape index (κ3) is 7.14. The second-order valence-corrected chi connectivity index (χ2v) is 5.84. The van der Waals surface area contributed by atoms with Crippen LogP contribution in [0.4, 0.5) is 0 Å². The van der Waals surface area contributed by atoms with Crippen LogP contribution in [0.3, 0.4) is 0 Å². The van der Waals surface area contributed by atoms with Crippen LogP contribution in [0.15, 0.2) is 61.7 Å². The number of nitrogens with two attached hydrogens (primary N) is 1. The predicted octanol–water partition coefficient (Wildman–Crippen LogP) is 1.85. The van der Waals surface area contributed by atoms with E-state index < -0.39 is 23.9 Å². The van der Waals surface area contributed by atoms with Gasteiger partial charge in [0.2, 0.25) is 0 Å². The average molecular weight is 395 g/mol. The van der Waals surface area contributed by atoms with Crippen molar-refractivity contribution in [1.82, 2.24) is 10.8 Å². The normalized spacial score (nSPS) is 11.4. The number of hydroxylamine groups is 1. The molecule has 0 aliphatic carbocycles. The molecule has 0 aliphatic heterocycles. The monoisotopic (exact) mass is 395 g/mol. The molecule has 0 aliphatic rings. The molecule has 0 aromatic heterocycles. The number of methoxy groups -OCH3 is 1. The van der Waals surface area contributed by atoms with Crippen LogP contribution in [0.1, 0.15) is 28.4 Å². The van der Waals surface area contributed by atoms with Gasteiger partial charge in [0, 0.05) is 22.7 Å². The van der Waals surface area contributed by atoms with Crippen LogP contribution in [0, 0.1) is 11.8 Å². The molecule has 0 saturated carbocycles. The Morgan fingerprint density at radius 2 is 1.52 bits per heavy atom. The summed E-state index contributed by atoms with van der Waals surface area (Å²) >= 11 is 0. The lowest BCUT2D eigenvalue weighted by Crippen LogP contribution is -2.54. The standard InChI is InChI=1S/C20H21N3O4.C2H4/c1-13(21)18(20(25)23-26)22-19(24)16-9-5-14(6-10-16)3-4-15-7-11-17(27-2)12-8-15;1-2/h5-13,18,26H,21H2,1-2H3,(H,22,24)(H,23,25);1-2H2. The molecule has 0 heterocycles. The number of carbonyl (C=O) groups excluding carboxylic acids is 2. The summed E-state index contributed by atoms with van der Waals surface area (Å²) in [6.07, 6.45) is 0. The van der Waals surface area contributed by atoms with Gasteiger partial charge in [-0.3, -0.25) is 14.8 Å². The summed E-state index contributed by atoms with van der Waals surface area (Å²) in [7, 11) is 1.60. The van der Waals surface area contributed by atoms with Crippen LogP contribution in [-0.4, -0.2) is 36.2 Å². The Morgan fingerprint density at radius 3 is 1.93 bits per heavy atom. The highest BCUT2D eigenvalue weighted by Gasteiger charge is 2.24. The number of rotatable bonds is 5. The molecule has 7 heteroatoms. The van der Waals surface area contributed by atoms with E-state index in [1.807, 2.05) is 24.3 Å². The molecule has 2 aromatic rings. The van der Waals surface area contributed by atoms with E-state index in [1.54, 1.807) is 38.3 Å². The van der Waals surface area contributed by atoms with E-state index >= 15 is 0 Å². The first-order valence-corrected chi connectivity index (χ1v) is 8.71. The van der Waals surface area contributed by atoms with Crippen molar-refractivity contribution in [1.29, 1.82) is 0 Å². The molecule has 2 rings (SSSR count). The number of nitrogens with one attached hydrogen (secondary N) is 2. The maximum atomic E-state index is 12.3. The van der Waals surface area contributed by atoms with Gasteiger partial charge in [0.15, 0.2) is 0 Å². The van der Waals surface area contributed by atoms with E-state index in [2.05, 4.69) is 30.3 Å². The Bertz CT molecular complexity index is 866. The van der Waals surface area contributed by atoms with Gasteiger partial charge in [-0.05, 0) is 55.5 Å². The highest BCUT2D eigenvalue weighted by Crippen LogP contribution is 2.11. The smallest absolute Gasteiger partial charge is 0.267 e. The fourth-order valence-electron chi connectivity index (χ4n) is 2.25. The Morgan fingerprint density at radius 1 is 1.03 bits per heavy atom. The zero-order valence-electron chi connectivity index (χ0n) is 16.4. The minimum absolute atomic E-state index is 0.349. The Balaban J connectivity index is 0.00000204. The molecule has 7 nitrogen and oxygen atoms in total. The zero-order chi connectivity index (χ0) is 21.8. The van der Waals surface area contributed by atoms with Crippen LogP contribution in [0.2, 0.25) is 0 Å². The number of hydrogen-bond donors (Lipinski definition) is 4. The molecule has 0 bridgehead atoms. The molecule has 29 heavy (non-hydrogen) atoms. The summed E-state index contributed by atoms with van der Waals surface area (Å²) in [6.45, 7) is 7.55. The SMILES string of the molecule is C=C.COc1ccc(C#Cc2ccc(C(=O)NC(C(=O)NO)C(C)N)cc2)cc1. The molecule has 2 atom stereocenters. The molecule has 0 fully saturated rings. The first-order chi connectivity index (χ1) is 13.9. The lowest BCUT2D eigenvalue weighted by Gasteiger charge is -2.20. The van der Waals surface area contributed by atoms with Gasteiger partial charge in [-0.15, -0.1) is 13.2 Å². The van der Waals surface area contributed by atoms with Crippen LogP contribution in [0.5, 0.6) is 5.75 Å². The molecule has 0 saturated heterocycles. The summed E-state index contributed by atoms with van der Waals surface area (Å²) in [5.74, 6) is 5.54. The van der Waals surface area contributed by atoms with Crippen molar-refractivity contribution >= 4 is 11.8 Å². The molecule has 0 radical (unpaired) electrons. The van der Waals surface area contributed by atoms with Gasteiger partial charge < -0.3 is 15.8 Å². The van der Waals surface area contributed by atoms with Crippen molar-refractivity contribution in [3.8, 4) is 17.6 Å². The van der Waals surface area contributed by atoms with E-state index in [1.165, 1.54) is 5.48 Å². The van der Waals surface area contributed by atoms with Crippen molar-refractivity contribution in [3.05, 3.63) is 78.4 Å². The maximum Gasteiger partial charge on any atom is 0.267 e. The van der Waals surface area contributed by atoms with Crippen LogP contribution >= 0.6 is 0 Å². The molecule has 0 spiro atoms. The summed E-state index contributed by atoms with van der Waals surface area (Å²) in [4.78, 5) is 23.8. The Hall–Kier alpha value is -3.60. The van der Waals surface area contributed by atoms with E-state index in [0.717, 1.165) is 16.9 Å². The predicted molar refractivity (Wildman–Crippen MR) is 112 cm³/mol. The van der Waals surface area contributed by atoms with E-state index in [9.17, 15) is 9.59 Å². The molecule has 2 unspecified atom stereocenters. The second-order valence-electron chi connectivity index (χ2n) is 5.84. The van der Waals surface area contributed by atoms with Crippen molar-refractivity contribution in [2.45, 2.75) is 19.0 Å². The van der Waals surface area contributed by atoms with Gasteiger partial charge in [-0.1, -0.05) is 11.8 Å². The fourth-order valence-corrected chi connectivity index (χ4v) is 2.25. The highest BCUT2D eigenvalue weighted by atomic mass is 16.5. The molecule has 152 valence electrons. The quantitative estimate of drug-likeness (QED) is 0.267. The lowest BCUT2D eigenvalue weighted by molar-refractivity contribution is -0.131. The largest absolute Gasteiger partial charge is 0.497 e. The molecular weight excluding hydrogens is 370 g/mol. The molecule has 5 N–H and O–H groups in total. The number of hydrogen-bond acceptors (Lipinski definition) is 5. The second kappa shape index (κ2) is 12.0. The minimum Gasteiger partial charge on any atom is -0.497 e. The van der Waals surface area contributed by atoms with Crippen molar-refractivity contribution in [2.24, 2.45) is 5.73 Å². The zero-order valence-corrected chi connectivity index (χ0v) is 16.4.